The Kier molecular flexibility index (Phi) is 8.29. The van der Waals surface area contributed by atoms with Crippen molar-refractivity contribution in [3.05, 3.63) is 59.2 Å². The van der Waals surface area contributed by atoms with Crippen LogP contribution in [0.4, 0.5) is 0 Å². The fourth-order valence-corrected chi connectivity index (χ4v) is 3.42. The highest BCUT2D eigenvalue weighted by molar-refractivity contribution is 5.98. The van der Waals surface area contributed by atoms with Crippen LogP contribution in [-0.4, -0.2) is 55.5 Å². The van der Waals surface area contributed by atoms with E-state index in [1.54, 1.807) is 42.5 Å². The Labute approximate surface area is 194 Å². The van der Waals surface area contributed by atoms with Gasteiger partial charge in [-0.25, -0.2) is 4.79 Å². The van der Waals surface area contributed by atoms with Crippen molar-refractivity contribution in [2.75, 3.05) is 32.9 Å². The summed E-state index contributed by atoms with van der Waals surface area (Å²) in [7, 11) is 0. The number of likely N-dealkylation sites (tertiary alicyclic amines) is 1. The van der Waals surface area contributed by atoms with E-state index in [0.717, 1.165) is 31.5 Å². The van der Waals surface area contributed by atoms with Gasteiger partial charge in [0.1, 0.15) is 24.9 Å². The van der Waals surface area contributed by atoms with E-state index in [4.69, 9.17) is 30.8 Å². The minimum absolute atomic E-state index is 0.0537. The molecular weight excluding hydrogens is 420 g/mol. The standard InChI is InChI=1S/C25H32N4O4/c1-17(2)16-33-21-10-9-20(23(26)27)15-22(21)31-13-14-32-25(30)19-7-5-18(6-8-19)24(28)29-11-3-4-12-29/h5-10,15,17,28H,3-4,11-14,16H2,1-2H3,(H3,26,27). The maximum absolute atomic E-state index is 12.4. The second-order valence-electron chi connectivity index (χ2n) is 8.38. The van der Waals surface area contributed by atoms with Crippen molar-refractivity contribution < 1.29 is 19.0 Å². The quantitative estimate of drug-likeness (QED) is 0.219. The first-order valence-corrected chi connectivity index (χ1v) is 11.2. The van der Waals surface area contributed by atoms with Crippen LogP contribution in [0.1, 0.15) is 48.2 Å². The minimum atomic E-state index is -0.452. The highest BCUT2D eigenvalue weighted by Crippen LogP contribution is 2.29. The molecule has 1 saturated heterocycles. The first-order valence-electron chi connectivity index (χ1n) is 11.2. The van der Waals surface area contributed by atoms with Crippen molar-refractivity contribution in [2.24, 2.45) is 11.7 Å². The number of ether oxygens (including phenoxy) is 3. The second kappa shape index (κ2) is 11.4. The van der Waals surface area contributed by atoms with E-state index in [9.17, 15) is 4.79 Å². The van der Waals surface area contributed by atoms with E-state index in [1.807, 2.05) is 18.7 Å². The molecule has 0 spiro atoms. The zero-order chi connectivity index (χ0) is 23.8. The van der Waals surface area contributed by atoms with E-state index in [0.29, 0.717) is 41.0 Å². The number of carbonyl (C=O) groups excluding carboxylic acids is 1. The Morgan fingerprint density at radius 2 is 1.58 bits per heavy atom. The summed E-state index contributed by atoms with van der Waals surface area (Å²) in [6, 6.07) is 12.0. The zero-order valence-corrected chi connectivity index (χ0v) is 19.2. The third kappa shape index (κ3) is 6.71. The van der Waals surface area contributed by atoms with Crippen molar-refractivity contribution in [3.8, 4) is 11.5 Å². The number of hydrogen-bond acceptors (Lipinski definition) is 6. The number of amidine groups is 2. The van der Waals surface area contributed by atoms with E-state index in [1.165, 1.54) is 0 Å². The largest absolute Gasteiger partial charge is 0.489 e. The van der Waals surface area contributed by atoms with Crippen LogP contribution in [0.2, 0.25) is 0 Å². The lowest BCUT2D eigenvalue weighted by molar-refractivity contribution is 0.0448. The molecular formula is C25H32N4O4. The number of rotatable bonds is 10. The molecule has 0 aromatic heterocycles. The average molecular weight is 453 g/mol. The maximum Gasteiger partial charge on any atom is 0.338 e. The van der Waals surface area contributed by atoms with Crippen molar-refractivity contribution in [1.29, 1.82) is 10.8 Å². The highest BCUT2D eigenvalue weighted by atomic mass is 16.6. The molecule has 1 fully saturated rings. The number of benzene rings is 2. The molecule has 0 atom stereocenters. The Hall–Kier alpha value is -3.55. The van der Waals surface area contributed by atoms with Crippen LogP contribution < -0.4 is 15.2 Å². The molecule has 8 heteroatoms. The van der Waals surface area contributed by atoms with Gasteiger partial charge in [0.25, 0.3) is 0 Å². The molecule has 2 aromatic carbocycles. The lowest BCUT2D eigenvalue weighted by Gasteiger charge is -2.18. The number of nitrogen functional groups attached to an aromatic ring is 1. The third-order valence-electron chi connectivity index (χ3n) is 5.22. The SMILES string of the molecule is CC(C)COc1ccc(C(=N)N)cc1OCCOC(=O)c1ccc(C(=N)N2CCCC2)cc1. The molecule has 0 saturated carbocycles. The van der Waals surface area contributed by atoms with Gasteiger partial charge in [-0.3, -0.25) is 10.8 Å². The van der Waals surface area contributed by atoms with Crippen LogP contribution in [0.3, 0.4) is 0 Å². The van der Waals surface area contributed by atoms with Gasteiger partial charge < -0.3 is 24.8 Å². The normalized spacial score (nSPS) is 13.1. The van der Waals surface area contributed by atoms with Crippen LogP contribution in [0.25, 0.3) is 0 Å². The van der Waals surface area contributed by atoms with Crippen LogP contribution in [-0.2, 0) is 4.74 Å². The van der Waals surface area contributed by atoms with Gasteiger partial charge in [0.05, 0.1) is 12.2 Å². The smallest absolute Gasteiger partial charge is 0.338 e. The molecule has 1 aliphatic rings. The van der Waals surface area contributed by atoms with Crippen molar-refractivity contribution >= 4 is 17.6 Å². The first kappa shape index (κ1) is 24.1. The third-order valence-corrected chi connectivity index (χ3v) is 5.22. The second-order valence-corrected chi connectivity index (χ2v) is 8.38. The Bertz CT molecular complexity index is 982. The number of hydrogen-bond donors (Lipinski definition) is 3. The van der Waals surface area contributed by atoms with Gasteiger partial charge in [0, 0.05) is 24.2 Å². The molecule has 0 bridgehead atoms. The molecule has 3 rings (SSSR count). The molecule has 0 aliphatic carbocycles. The van der Waals surface area contributed by atoms with E-state index in [-0.39, 0.29) is 19.0 Å². The molecule has 176 valence electrons. The molecule has 4 N–H and O–H groups in total. The van der Waals surface area contributed by atoms with Gasteiger partial charge in [-0.15, -0.1) is 0 Å². The Morgan fingerprint density at radius 3 is 2.21 bits per heavy atom. The van der Waals surface area contributed by atoms with Gasteiger partial charge >= 0.3 is 5.97 Å². The summed E-state index contributed by atoms with van der Waals surface area (Å²) in [6.45, 7) is 6.61. The molecule has 0 amide bonds. The highest BCUT2D eigenvalue weighted by Gasteiger charge is 2.17. The van der Waals surface area contributed by atoms with E-state index in [2.05, 4.69) is 0 Å². The van der Waals surface area contributed by atoms with Crippen LogP contribution in [0, 0.1) is 16.7 Å². The van der Waals surface area contributed by atoms with Gasteiger partial charge in [0.15, 0.2) is 11.5 Å². The molecule has 0 unspecified atom stereocenters. The maximum atomic E-state index is 12.4. The molecule has 2 aromatic rings. The fourth-order valence-electron chi connectivity index (χ4n) is 3.42. The zero-order valence-electron chi connectivity index (χ0n) is 19.2. The number of nitrogens with zero attached hydrogens (tertiary/aromatic N) is 1. The monoisotopic (exact) mass is 452 g/mol. The summed E-state index contributed by atoms with van der Waals surface area (Å²) in [5.41, 5.74) is 7.32. The summed E-state index contributed by atoms with van der Waals surface area (Å²) < 4.78 is 16.9. The van der Waals surface area contributed by atoms with Crippen LogP contribution in [0.15, 0.2) is 42.5 Å². The lowest BCUT2D eigenvalue weighted by Crippen LogP contribution is -2.27. The van der Waals surface area contributed by atoms with Crippen molar-refractivity contribution in [3.63, 3.8) is 0 Å². The minimum Gasteiger partial charge on any atom is -0.489 e. The molecule has 0 radical (unpaired) electrons. The topological polar surface area (TPSA) is 122 Å². The Morgan fingerprint density at radius 1 is 0.939 bits per heavy atom. The van der Waals surface area contributed by atoms with Crippen molar-refractivity contribution in [2.45, 2.75) is 26.7 Å². The molecule has 33 heavy (non-hydrogen) atoms. The van der Waals surface area contributed by atoms with Gasteiger partial charge in [0.2, 0.25) is 0 Å². The first-order chi connectivity index (χ1) is 15.8. The number of nitrogens with one attached hydrogen (secondary N) is 2. The van der Waals surface area contributed by atoms with E-state index >= 15 is 0 Å². The van der Waals surface area contributed by atoms with Crippen LogP contribution in [0.5, 0.6) is 11.5 Å². The van der Waals surface area contributed by atoms with E-state index < -0.39 is 5.97 Å². The average Bonchev–Trinajstić information content (AvgIpc) is 3.35. The van der Waals surface area contributed by atoms with Gasteiger partial charge in [-0.1, -0.05) is 26.0 Å². The van der Waals surface area contributed by atoms with Crippen molar-refractivity contribution in [1.82, 2.24) is 4.90 Å². The summed E-state index contributed by atoms with van der Waals surface area (Å²) in [5.74, 6) is 1.32. The molecule has 1 heterocycles. The predicted molar refractivity (Wildman–Crippen MR) is 128 cm³/mol. The lowest BCUT2D eigenvalue weighted by atomic mass is 10.1. The number of carbonyl (C=O) groups is 1. The Balaban J connectivity index is 1.52. The summed E-state index contributed by atoms with van der Waals surface area (Å²) >= 11 is 0. The van der Waals surface area contributed by atoms with Gasteiger partial charge in [-0.05, 0) is 49.1 Å². The van der Waals surface area contributed by atoms with Crippen LogP contribution >= 0.6 is 0 Å². The molecule has 1 aliphatic heterocycles. The summed E-state index contributed by atoms with van der Waals surface area (Å²) in [4.78, 5) is 14.4. The summed E-state index contributed by atoms with van der Waals surface area (Å²) in [6.07, 6.45) is 2.22. The molecule has 8 nitrogen and oxygen atoms in total. The summed E-state index contributed by atoms with van der Waals surface area (Å²) in [5, 5.41) is 15.9. The number of nitrogens with two attached hydrogens (primary N) is 1. The number of esters is 1. The van der Waals surface area contributed by atoms with Gasteiger partial charge in [-0.2, -0.15) is 0 Å². The fraction of sp³-hybridized carbons (Fsp3) is 0.400. The predicted octanol–water partition coefficient (Wildman–Crippen LogP) is 3.66.